The first-order valence-electron chi connectivity index (χ1n) is 4.49. The van der Waals surface area contributed by atoms with Crippen LogP contribution in [0.1, 0.15) is 0 Å². The SMILES string of the molecule is COC1[C@@H](OC)CN(C)C[C@H]1OC. The smallest absolute Gasteiger partial charge is 0.112 e. The number of piperidine rings is 1. The summed E-state index contributed by atoms with van der Waals surface area (Å²) in [5.41, 5.74) is 0. The molecule has 1 aliphatic rings. The highest BCUT2D eigenvalue weighted by Gasteiger charge is 2.36. The summed E-state index contributed by atoms with van der Waals surface area (Å²) in [6.45, 7) is 1.80. The van der Waals surface area contributed by atoms with Crippen molar-refractivity contribution < 1.29 is 14.2 Å². The number of likely N-dealkylation sites (tertiary alicyclic amines) is 1. The van der Waals surface area contributed by atoms with E-state index in [1.807, 2.05) is 0 Å². The Morgan fingerprint density at radius 2 is 1.38 bits per heavy atom. The summed E-state index contributed by atoms with van der Waals surface area (Å²) < 4.78 is 16.1. The average molecular weight is 189 g/mol. The number of hydrogen-bond donors (Lipinski definition) is 0. The second kappa shape index (κ2) is 4.91. The lowest BCUT2D eigenvalue weighted by molar-refractivity contribution is -0.143. The summed E-state index contributed by atoms with van der Waals surface area (Å²) in [5, 5.41) is 0. The predicted molar refractivity (Wildman–Crippen MR) is 49.9 cm³/mol. The van der Waals surface area contributed by atoms with Crippen LogP contribution in [0.5, 0.6) is 0 Å². The molecule has 0 radical (unpaired) electrons. The van der Waals surface area contributed by atoms with E-state index in [-0.39, 0.29) is 18.3 Å². The maximum absolute atomic E-state index is 5.37. The fourth-order valence-electron chi connectivity index (χ4n) is 1.86. The number of likely N-dealkylation sites (N-methyl/N-ethyl adjacent to an activating group) is 1. The summed E-state index contributed by atoms with van der Waals surface area (Å²) in [7, 11) is 7.18. The molecule has 1 unspecified atom stereocenters. The van der Waals surface area contributed by atoms with Crippen LogP contribution in [0.2, 0.25) is 0 Å². The Kier molecular flexibility index (Phi) is 4.12. The Balaban J connectivity index is 2.61. The van der Waals surface area contributed by atoms with E-state index in [0.29, 0.717) is 0 Å². The molecule has 13 heavy (non-hydrogen) atoms. The highest BCUT2D eigenvalue weighted by molar-refractivity contribution is 4.88. The molecule has 4 nitrogen and oxygen atoms in total. The molecule has 0 spiro atoms. The van der Waals surface area contributed by atoms with E-state index in [1.165, 1.54) is 0 Å². The quantitative estimate of drug-likeness (QED) is 0.624. The molecule has 1 aliphatic heterocycles. The lowest BCUT2D eigenvalue weighted by Crippen LogP contribution is -2.56. The minimum Gasteiger partial charge on any atom is -0.377 e. The van der Waals surface area contributed by atoms with Gasteiger partial charge in [-0.25, -0.2) is 0 Å². The maximum Gasteiger partial charge on any atom is 0.112 e. The molecule has 0 amide bonds. The fraction of sp³-hybridized carbons (Fsp3) is 1.00. The number of nitrogens with zero attached hydrogens (tertiary/aromatic N) is 1. The molecule has 0 bridgehead atoms. The lowest BCUT2D eigenvalue weighted by atomic mass is 10.0. The van der Waals surface area contributed by atoms with Gasteiger partial charge >= 0.3 is 0 Å². The number of rotatable bonds is 3. The third-order valence-electron chi connectivity index (χ3n) is 2.59. The second-order valence-corrected chi connectivity index (χ2v) is 3.47. The van der Waals surface area contributed by atoms with Crippen LogP contribution in [-0.2, 0) is 14.2 Å². The zero-order valence-electron chi connectivity index (χ0n) is 8.82. The minimum atomic E-state index is 0.0474. The van der Waals surface area contributed by atoms with Crippen molar-refractivity contribution in [2.45, 2.75) is 18.3 Å². The van der Waals surface area contributed by atoms with Crippen molar-refractivity contribution in [1.82, 2.24) is 4.90 Å². The summed E-state index contributed by atoms with van der Waals surface area (Å²) in [4.78, 5) is 2.19. The van der Waals surface area contributed by atoms with E-state index < -0.39 is 0 Å². The second-order valence-electron chi connectivity index (χ2n) is 3.47. The third-order valence-corrected chi connectivity index (χ3v) is 2.59. The van der Waals surface area contributed by atoms with Gasteiger partial charge in [0, 0.05) is 34.4 Å². The molecule has 1 saturated heterocycles. The van der Waals surface area contributed by atoms with E-state index >= 15 is 0 Å². The summed E-state index contributed by atoms with van der Waals surface area (Å²) in [5.74, 6) is 0. The third kappa shape index (κ3) is 2.40. The average Bonchev–Trinajstić information content (AvgIpc) is 2.16. The van der Waals surface area contributed by atoms with Crippen LogP contribution in [0.25, 0.3) is 0 Å². The van der Waals surface area contributed by atoms with Gasteiger partial charge in [-0.3, -0.25) is 0 Å². The van der Waals surface area contributed by atoms with Crippen LogP contribution in [0.15, 0.2) is 0 Å². The molecule has 0 aliphatic carbocycles. The van der Waals surface area contributed by atoms with Crippen molar-refractivity contribution in [2.75, 3.05) is 41.5 Å². The highest BCUT2D eigenvalue weighted by atomic mass is 16.6. The van der Waals surface area contributed by atoms with Gasteiger partial charge in [-0.15, -0.1) is 0 Å². The maximum atomic E-state index is 5.37. The van der Waals surface area contributed by atoms with Gasteiger partial charge in [0.15, 0.2) is 0 Å². The zero-order valence-corrected chi connectivity index (χ0v) is 8.82. The highest BCUT2D eigenvalue weighted by Crippen LogP contribution is 2.17. The van der Waals surface area contributed by atoms with E-state index in [0.717, 1.165) is 13.1 Å². The van der Waals surface area contributed by atoms with Gasteiger partial charge in [0.2, 0.25) is 0 Å². The molecular weight excluding hydrogens is 170 g/mol. The van der Waals surface area contributed by atoms with Crippen molar-refractivity contribution in [3.05, 3.63) is 0 Å². The molecule has 4 heteroatoms. The Labute approximate surface area is 79.8 Å². The lowest BCUT2D eigenvalue weighted by Gasteiger charge is -2.40. The van der Waals surface area contributed by atoms with Gasteiger partial charge in [0.25, 0.3) is 0 Å². The molecule has 78 valence electrons. The van der Waals surface area contributed by atoms with Crippen LogP contribution in [0, 0.1) is 0 Å². The summed E-state index contributed by atoms with van der Waals surface area (Å²) in [6, 6.07) is 0. The first-order valence-corrected chi connectivity index (χ1v) is 4.49. The Morgan fingerprint density at radius 1 is 0.923 bits per heavy atom. The predicted octanol–water partition coefficient (Wildman–Crippen LogP) is -0.0232. The van der Waals surface area contributed by atoms with E-state index in [1.54, 1.807) is 21.3 Å². The molecule has 0 aromatic heterocycles. The molecule has 0 aromatic rings. The van der Waals surface area contributed by atoms with E-state index in [4.69, 9.17) is 14.2 Å². The molecule has 0 N–H and O–H groups in total. The van der Waals surface area contributed by atoms with Gasteiger partial charge in [0.1, 0.15) is 6.10 Å². The van der Waals surface area contributed by atoms with Crippen molar-refractivity contribution in [2.24, 2.45) is 0 Å². The van der Waals surface area contributed by atoms with Crippen LogP contribution in [0.3, 0.4) is 0 Å². The summed E-state index contributed by atoms with van der Waals surface area (Å²) >= 11 is 0. The van der Waals surface area contributed by atoms with Gasteiger partial charge in [0.05, 0.1) is 12.2 Å². The molecule has 1 heterocycles. The van der Waals surface area contributed by atoms with Gasteiger partial charge in [-0.1, -0.05) is 0 Å². The van der Waals surface area contributed by atoms with Crippen LogP contribution in [-0.4, -0.2) is 64.7 Å². The van der Waals surface area contributed by atoms with Crippen LogP contribution >= 0.6 is 0 Å². The summed E-state index contributed by atoms with van der Waals surface area (Å²) in [6.07, 6.45) is 0.258. The van der Waals surface area contributed by atoms with Gasteiger partial charge in [-0.2, -0.15) is 0 Å². The van der Waals surface area contributed by atoms with Crippen molar-refractivity contribution in [3.8, 4) is 0 Å². The zero-order chi connectivity index (χ0) is 9.84. The molecular formula is C9H19NO3. The fourth-order valence-corrected chi connectivity index (χ4v) is 1.86. The van der Waals surface area contributed by atoms with Crippen LogP contribution in [0.4, 0.5) is 0 Å². The first kappa shape index (κ1) is 10.9. The van der Waals surface area contributed by atoms with Crippen LogP contribution < -0.4 is 0 Å². The number of hydrogen-bond acceptors (Lipinski definition) is 4. The van der Waals surface area contributed by atoms with E-state index in [9.17, 15) is 0 Å². The molecule has 1 rings (SSSR count). The minimum absolute atomic E-state index is 0.0474. The number of methoxy groups -OCH3 is 3. The first-order chi connectivity index (χ1) is 6.22. The Bertz CT molecular complexity index is 140. The van der Waals surface area contributed by atoms with E-state index in [2.05, 4.69) is 11.9 Å². The van der Waals surface area contributed by atoms with Gasteiger partial charge < -0.3 is 19.1 Å². The molecule has 0 saturated carbocycles. The monoisotopic (exact) mass is 189 g/mol. The Hall–Kier alpha value is -0.160. The van der Waals surface area contributed by atoms with Gasteiger partial charge in [-0.05, 0) is 7.05 Å². The van der Waals surface area contributed by atoms with Crippen molar-refractivity contribution in [1.29, 1.82) is 0 Å². The Morgan fingerprint density at radius 3 is 1.69 bits per heavy atom. The molecule has 1 fully saturated rings. The molecule has 0 aromatic carbocycles. The molecule has 3 atom stereocenters. The van der Waals surface area contributed by atoms with Crippen molar-refractivity contribution >= 4 is 0 Å². The standard InChI is InChI=1S/C9H19NO3/c1-10-5-7(11-2)9(13-4)8(6-10)12-3/h7-9H,5-6H2,1-4H3/t7-,8+,9?. The largest absolute Gasteiger partial charge is 0.377 e. The topological polar surface area (TPSA) is 30.9 Å². The van der Waals surface area contributed by atoms with Crippen molar-refractivity contribution in [3.63, 3.8) is 0 Å². The number of ether oxygens (including phenoxy) is 3. The normalized spacial score (nSPS) is 36.5.